The zero-order valence-corrected chi connectivity index (χ0v) is 79.1. The number of amides is 5. The lowest BCUT2D eigenvalue weighted by atomic mass is 9.49. The lowest BCUT2D eigenvalue weighted by molar-refractivity contribution is -0.148. The van der Waals surface area contributed by atoms with E-state index < -0.39 is 66.0 Å². The third-order valence-corrected chi connectivity index (χ3v) is 26.6. The fourth-order valence-electron chi connectivity index (χ4n) is 21.2. The van der Waals surface area contributed by atoms with E-state index in [1.54, 1.807) is 73.7 Å². The monoisotopic (exact) mass is 1870 g/mol. The summed E-state index contributed by atoms with van der Waals surface area (Å²) in [6.45, 7) is 17.4. The normalized spacial score (nSPS) is 21.0. The minimum atomic E-state index is -1.02. The van der Waals surface area contributed by atoms with Crippen molar-refractivity contribution >= 4 is 59.4 Å². The third-order valence-electron chi connectivity index (χ3n) is 26.6. The second kappa shape index (κ2) is 48.5. The summed E-state index contributed by atoms with van der Waals surface area (Å²) in [6, 6.07) is 47.4. The van der Waals surface area contributed by atoms with Crippen LogP contribution < -0.4 is 59.7 Å². The Bertz CT molecular complexity index is 5260. The summed E-state index contributed by atoms with van der Waals surface area (Å²) in [5.74, 6) is 3.75. The van der Waals surface area contributed by atoms with Gasteiger partial charge in [0, 0.05) is 27.9 Å². The standard InChI is InChI=1S/C23H24N2O5.C23H31NO4.C22H29NO4.C20H21NO6.C19H27NO4/c1-14(2)29-18-11-9-16(10-12-18)19(13-20(26)27)24-23(28)21-15(3)30-25-22(21)17-7-5-4-6-8-17;1-2-7-28-19-5-3-18(4-6-19)20(11-21(25)26)24-22(27)23-12-15-8-16(13-23)10-17(9-15)14-23;1-2-27-18-5-3-17(4-6-18)19(10-20(24)25)23-21(26)22-11-14-7-15(12-22)9-16(8-14)13-22;1-2-9-25-15-6-3-13(4-7-15)16(11-19(22)23)21-20(24)14-5-8-17-18(10-14)27-12-26-17;1-13(2)24-16-10-8-14(9-11-16)17(12-18(21)22)20-19(23)15-6-4-3-5-7-15/h4-12,14,19H,13H2,1-3H3,(H,24,28)(H,26,27);3-6,15-17,20H,2,7-14H2,1H3,(H,24,27)(H,25,26);3-6,14-16,19H,2,7-13H2,1H3,(H,23,26)(H,24,25);3-8,10,16H,2,9,11-12H2,1H3,(H,21,24)(H,22,23);8-11,13,15,17H,3-7,12H2,1-2H3,(H,20,23)(H,21,22). The molecule has 0 spiro atoms. The van der Waals surface area contributed by atoms with Gasteiger partial charge in [0.1, 0.15) is 45.8 Å². The Hall–Kier alpha value is -13.0. The van der Waals surface area contributed by atoms with Gasteiger partial charge in [-0.15, -0.1) is 0 Å². The number of nitrogens with zero attached hydrogens (tertiary/aromatic N) is 1. The number of rotatable bonds is 38. The van der Waals surface area contributed by atoms with Crippen molar-refractivity contribution in [3.8, 4) is 51.5 Å². The summed E-state index contributed by atoms with van der Waals surface area (Å²) in [5, 5.41) is 65.2. The highest BCUT2D eigenvalue weighted by atomic mass is 16.7. The van der Waals surface area contributed by atoms with Crippen molar-refractivity contribution in [2.24, 2.45) is 52.3 Å². The molecule has 1 aliphatic heterocycles. The van der Waals surface area contributed by atoms with Crippen LogP contribution in [0.2, 0.25) is 0 Å². The Morgan fingerprint density at radius 1 is 0.404 bits per heavy atom. The Labute approximate surface area is 795 Å². The largest absolute Gasteiger partial charge is 0.494 e. The highest BCUT2D eigenvalue weighted by molar-refractivity contribution is 6.01. The fourth-order valence-corrected chi connectivity index (χ4v) is 21.2. The van der Waals surface area contributed by atoms with Crippen molar-refractivity contribution in [3.63, 3.8) is 0 Å². The molecule has 9 saturated carbocycles. The molecule has 0 radical (unpaired) electrons. The van der Waals surface area contributed by atoms with Crippen molar-refractivity contribution in [1.29, 1.82) is 0 Å². The van der Waals surface area contributed by atoms with Crippen LogP contribution in [0.5, 0.6) is 40.2 Å². The van der Waals surface area contributed by atoms with Gasteiger partial charge in [-0.2, -0.15) is 0 Å². The maximum absolute atomic E-state index is 13.3. The second-order valence-corrected chi connectivity index (χ2v) is 38.1. The molecule has 1 aromatic heterocycles. The summed E-state index contributed by atoms with van der Waals surface area (Å²) in [5.41, 5.74) is 5.07. The van der Waals surface area contributed by atoms with Gasteiger partial charge in [-0.25, -0.2) is 0 Å². The van der Waals surface area contributed by atoms with E-state index in [-0.39, 0.29) is 97.0 Å². The van der Waals surface area contributed by atoms with Crippen LogP contribution in [-0.2, 0) is 38.4 Å². The quantitative estimate of drug-likeness (QED) is 0.0172. The summed E-state index contributed by atoms with van der Waals surface area (Å²) in [7, 11) is 0. The lowest BCUT2D eigenvalue weighted by Gasteiger charge is -2.55. The van der Waals surface area contributed by atoms with Gasteiger partial charge in [0.05, 0.1) is 94.3 Å². The molecular formula is C107H132N6O23. The van der Waals surface area contributed by atoms with Gasteiger partial charge in [0.2, 0.25) is 24.5 Å². The van der Waals surface area contributed by atoms with Crippen LogP contribution in [0.4, 0.5) is 0 Å². The van der Waals surface area contributed by atoms with Crippen LogP contribution in [0.1, 0.15) is 287 Å². The van der Waals surface area contributed by atoms with E-state index in [1.165, 1.54) is 44.9 Å². The summed E-state index contributed by atoms with van der Waals surface area (Å²) in [4.78, 5) is 121. The zero-order valence-electron chi connectivity index (χ0n) is 79.1. The van der Waals surface area contributed by atoms with Crippen LogP contribution in [0, 0.1) is 59.2 Å². The topological polar surface area (TPSA) is 423 Å². The minimum Gasteiger partial charge on any atom is -0.494 e. The number of aliphatic carboxylic acids is 5. The lowest BCUT2D eigenvalue weighted by Crippen LogP contribution is -2.54. The van der Waals surface area contributed by atoms with Crippen LogP contribution in [0.3, 0.4) is 0 Å². The number of carbonyl (C=O) groups excluding carboxylic acids is 5. The Balaban J connectivity index is 0.000000153. The van der Waals surface area contributed by atoms with E-state index in [0.717, 1.165) is 117 Å². The minimum absolute atomic E-state index is 0.0126. The highest BCUT2D eigenvalue weighted by Crippen LogP contribution is 2.62. The molecule has 5 unspecified atom stereocenters. The predicted octanol–water partition coefficient (Wildman–Crippen LogP) is 19.5. The first-order valence-electron chi connectivity index (χ1n) is 48.1. The Morgan fingerprint density at radius 3 is 1.11 bits per heavy atom. The van der Waals surface area contributed by atoms with Crippen molar-refractivity contribution in [1.82, 2.24) is 31.7 Å². The average Bonchev–Trinajstić information content (AvgIpc) is 0.845. The van der Waals surface area contributed by atoms with E-state index in [9.17, 15) is 68.4 Å². The van der Waals surface area contributed by atoms with Gasteiger partial charge in [0.15, 0.2) is 11.5 Å². The van der Waals surface area contributed by atoms with Gasteiger partial charge in [-0.3, -0.25) is 47.9 Å². The number of ether oxygens (including phenoxy) is 7. The number of aryl methyl sites for hydroxylation is 1. The number of carbonyl (C=O) groups is 10. The van der Waals surface area contributed by atoms with Crippen LogP contribution in [0.25, 0.3) is 11.3 Å². The fraction of sp³-hybridized carbons (Fsp3) is 0.486. The summed E-state index contributed by atoms with van der Waals surface area (Å²) < 4.78 is 43.6. The average molecular weight is 1870 g/mol. The molecular weight excluding hydrogens is 1740 g/mol. The number of hydrogen-bond donors (Lipinski definition) is 10. The van der Waals surface area contributed by atoms with Crippen molar-refractivity contribution in [2.45, 2.75) is 252 Å². The van der Waals surface area contributed by atoms with Gasteiger partial charge >= 0.3 is 29.8 Å². The Kier molecular flexibility index (Phi) is 36.4. The predicted molar refractivity (Wildman–Crippen MR) is 508 cm³/mol. The molecule has 9 aliphatic carbocycles. The molecule has 10 aliphatic rings. The van der Waals surface area contributed by atoms with Crippen LogP contribution in [-0.4, -0.2) is 129 Å². The summed E-state index contributed by atoms with van der Waals surface area (Å²) >= 11 is 0. The molecule has 136 heavy (non-hydrogen) atoms. The number of aromatic nitrogens is 1. The molecule has 18 rings (SSSR count). The van der Waals surface area contributed by atoms with Gasteiger partial charge in [0.25, 0.3) is 11.8 Å². The first-order chi connectivity index (χ1) is 65.3. The number of nitrogens with one attached hydrogen (secondary N) is 5. The first-order valence-corrected chi connectivity index (χ1v) is 48.1. The molecule has 2 heterocycles. The highest BCUT2D eigenvalue weighted by Gasteiger charge is 2.56. The first kappa shape index (κ1) is 102. The molecule has 5 atom stereocenters. The van der Waals surface area contributed by atoms with Gasteiger partial charge in [-0.1, -0.05) is 129 Å². The van der Waals surface area contributed by atoms with Gasteiger partial charge < -0.3 is 89.8 Å². The molecule has 8 aromatic rings. The molecule has 728 valence electrons. The van der Waals surface area contributed by atoms with Crippen molar-refractivity contribution in [2.75, 3.05) is 26.6 Å². The summed E-state index contributed by atoms with van der Waals surface area (Å²) in [6.07, 6.45) is 19.8. The van der Waals surface area contributed by atoms with E-state index >= 15 is 0 Å². The van der Waals surface area contributed by atoms with Crippen molar-refractivity contribution < 1.29 is 111 Å². The number of carboxylic acids is 5. The third kappa shape index (κ3) is 28.8. The number of fused-ring (bicyclic) bond motifs is 1. The van der Waals surface area contributed by atoms with Gasteiger partial charge in [-0.05, 0) is 286 Å². The molecule has 9 fully saturated rings. The Morgan fingerprint density at radius 2 is 0.750 bits per heavy atom. The number of benzene rings is 7. The molecule has 7 aromatic carbocycles. The second-order valence-electron chi connectivity index (χ2n) is 38.1. The zero-order chi connectivity index (χ0) is 97.2. The van der Waals surface area contributed by atoms with E-state index in [1.807, 2.05) is 145 Å². The smallest absolute Gasteiger partial charge is 0.305 e. The van der Waals surface area contributed by atoms with Crippen LogP contribution in [0.15, 0.2) is 174 Å². The molecule has 29 nitrogen and oxygen atoms in total. The molecule has 5 amide bonds. The van der Waals surface area contributed by atoms with E-state index in [0.29, 0.717) is 106 Å². The van der Waals surface area contributed by atoms with Crippen LogP contribution >= 0.6 is 0 Å². The van der Waals surface area contributed by atoms with E-state index in [2.05, 4.69) is 38.7 Å². The number of hydrogen-bond acceptors (Lipinski definition) is 19. The van der Waals surface area contributed by atoms with E-state index in [4.69, 9.17) is 42.8 Å². The molecule has 29 heteroatoms. The SMILES string of the molecule is CC(C)Oc1ccc(C(CC(=O)O)NC(=O)C2CCCCC2)cc1.CCCOc1ccc(C(CC(=O)O)NC(=O)C23CC4CC(CC(C4)C2)C3)cc1.CCCOc1ccc(C(CC(=O)O)NC(=O)c2ccc3c(c2)OCO3)cc1.CCOc1ccc(C(CC(=O)O)NC(=O)C23CC4CC(CC(C4)C2)C3)cc1.Cc1onc(-c2ccccc2)c1C(=O)NC(CC(=O)O)c1ccc(OC(C)C)cc1. The molecule has 0 saturated heterocycles. The molecule has 8 bridgehead atoms. The van der Waals surface area contributed by atoms with Crippen molar-refractivity contribution in [3.05, 3.63) is 215 Å². The maximum atomic E-state index is 13.3. The molecule has 10 N–H and O–H groups in total. The number of carboxylic acid groups (broad SMARTS) is 5. The maximum Gasteiger partial charge on any atom is 0.305 e.